The lowest BCUT2D eigenvalue weighted by Crippen LogP contribution is -2.19. The fourth-order valence-corrected chi connectivity index (χ4v) is 4.06. The van der Waals surface area contributed by atoms with Crippen molar-refractivity contribution in [1.82, 2.24) is 0 Å². The molecule has 3 rings (SSSR count). The van der Waals surface area contributed by atoms with Crippen LogP contribution in [0.3, 0.4) is 0 Å². The lowest BCUT2D eigenvalue weighted by atomic mass is 9.93. The topological polar surface area (TPSA) is 55.3 Å². The number of hydrogen-bond donors (Lipinski definition) is 2. The van der Waals surface area contributed by atoms with Crippen LogP contribution in [0.2, 0.25) is 5.02 Å². The Balaban J connectivity index is 0.000000568. The van der Waals surface area contributed by atoms with Crippen molar-refractivity contribution in [2.75, 3.05) is 11.9 Å². The fraction of sp³-hybridized carbons (Fsp3) is 0.310. The largest absolute Gasteiger partial charge is 0.400 e. The molecule has 10 heteroatoms. The summed E-state index contributed by atoms with van der Waals surface area (Å²) in [5.41, 5.74) is 12.5. The van der Waals surface area contributed by atoms with Crippen LogP contribution in [0.25, 0.3) is 5.83 Å². The van der Waals surface area contributed by atoms with E-state index in [0.29, 0.717) is 24.1 Å². The van der Waals surface area contributed by atoms with Crippen LogP contribution in [0, 0.1) is 13.8 Å². The quantitative estimate of drug-likeness (QED) is 0.341. The molecule has 2 aromatic rings. The minimum absolute atomic E-state index is 0.0624. The molecule has 1 aliphatic rings. The van der Waals surface area contributed by atoms with Crippen molar-refractivity contribution in [1.29, 1.82) is 0 Å². The third-order valence-corrected chi connectivity index (χ3v) is 6.69. The van der Waals surface area contributed by atoms with E-state index in [4.69, 9.17) is 23.1 Å². The summed E-state index contributed by atoms with van der Waals surface area (Å²) in [5.74, 6) is -6.92. The maximum absolute atomic E-state index is 14.9. The van der Waals surface area contributed by atoms with E-state index < -0.39 is 29.4 Å². The zero-order valence-electron chi connectivity index (χ0n) is 22.1. The summed E-state index contributed by atoms with van der Waals surface area (Å²) < 4.78 is 84.3. The van der Waals surface area contributed by atoms with E-state index in [1.165, 1.54) is 30.3 Å². The minimum atomic E-state index is -4.82. The first-order valence-electron chi connectivity index (χ1n) is 12.0. The van der Waals surface area contributed by atoms with Crippen LogP contribution >= 0.6 is 11.6 Å². The first-order chi connectivity index (χ1) is 18.0. The van der Waals surface area contributed by atoms with E-state index in [1.54, 1.807) is 13.8 Å². The van der Waals surface area contributed by atoms with Crippen molar-refractivity contribution in [2.24, 2.45) is 11.5 Å². The zero-order chi connectivity index (χ0) is 29.7. The van der Waals surface area contributed by atoms with Gasteiger partial charge >= 0.3 is 6.18 Å². The Kier molecular flexibility index (Phi) is 10.4. The van der Waals surface area contributed by atoms with Crippen LogP contribution in [0.1, 0.15) is 53.5 Å². The highest BCUT2D eigenvalue weighted by molar-refractivity contribution is 6.31. The van der Waals surface area contributed by atoms with E-state index in [1.807, 2.05) is 12.2 Å². The van der Waals surface area contributed by atoms with Crippen molar-refractivity contribution in [3.05, 3.63) is 106 Å². The second kappa shape index (κ2) is 12.7. The summed E-state index contributed by atoms with van der Waals surface area (Å²) in [6.45, 7) is 7.39. The summed E-state index contributed by atoms with van der Waals surface area (Å²) >= 11 is 6.02. The van der Waals surface area contributed by atoms with Crippen molar-refractivity contribution in [2.45, 2.75) is 51.6 Å². The van der Waals surface area contributed by atoms with Crippen LogP contribution < -0.4 is 16.4 Å². The first-order valence-corrected chi connectivity index (χ1v) is 12.3. The molecule has 0 aliphatic heterocycles. The molecule has 0 saturated carbocycles. The van der Waals surface area contributed by atoms with Gasteiger partial charge in [0, 0.05) is 41.5 Å². The molecule has 0 heterocycles. The molecule has 0 bridgehead atoms. The Morgan fingerprint density at radius 3 is 2.21 bits per heavy atom. The molecule has 4 N–H and O–H groups in total. The van der Waals surface area contributed by atoms with Crippen LogP contribution in [0.15, 0.2) is 72.7 Å². The van der Waals surface area contributed by atoms with Gasteiger partial charge in [-0.1, -0.05) is 30.3 Å². The molecule has 0 spiro atoms. The number of hydrogen-bond acceptors (Lipinski definition) is 3. The Bertz CT molecular complexity index is 1270. The molecule has 0 amide bonds. The third-order valence-electron chi connectivity index (χ3n) is 6.30. The smallest absolute Gasteiger partial charge is 0.399 e. The lowest BCUT2D eigenvalue weighted by Gasteiger charge is -2.23. The minimum Gasteiger partial charge on any atom is -0.400 e. The highest BCUT2D eigenvalue weighted by Crippen LogP contribution is 2.41. The number of nitrogens with zero attached hydrogens (tertiary/aromatic N) is 1. The fourth-order valence-electron chi connectivity index (χ4n) is 3.79. The standard InChI is InChI=1S/C23H22ClF6N.C6H10N2/c1-6-31(5)21-8-7-15(10-18(21)22(4,26)27)20(25)12-17(23(28,29)30)16-9-13(2)14(3)19(24)11-16;7-5-3-1-2-4-6(5)8/h6-12,17H,1H2,2-5H3;1,3H,2,4,7-8H2/b20-12-;. The molecule has 2 aromatic carbocycles. The Morgan fingerprint density at radius 1 is 1.10 bits per heavy atom. The van der Waals surface area contributed by atoms with Gasteiger partial charge in [-0.2, -0.15) is 13.2 Å². The van der Waals surface area contributed by atoms with Crippen LogP contribution in [-0.4, -0.2) is 13.2 Å². The number of allylic oxidation sites excluding steroid dienone is 4. The Labute approximate surface area is 230 Å². The predicted molar refractivity (Wildman–Crippen MR) is 147 cm³/mol. The second-order valence-corrected chi connectivity index (χ2v) is 9.72. The zero-order valence-corrected chi connectivity index (χ0v) is 22.9. The Hall–Kier alpha value is -3.33. The number of nitrogens with two attached hydrogens (primary N) is 2. The van der Waals surface area contributed by atoms with Crippen molar-refractivity contribution >= 4 is 23.1 Å². The van der Waals surface area contributed by atoms with Crippen molar-refractivity contribution in [3.8, 4) is 0 Å². The summed E-state index contributed by atoms with van der Waals surface area (Å²) in [6, 6.07) is 5.64. The third kappa shape index (κ3) is 8.33. The van der Waals surface area contributed by atoms with Gasteiger partial charge < -0.3 is 16.4 Å². The molecular formula is C29H32ClF6N3. The van der Waals surface area contributed by atoms with Gasteiger partial charge in [-0.3, -0.25) is 0 Å². The SMILES string of the molecule is C=CN(C)c1ccc(/C(F)=C/C(c2cc(C)c(C)c(Cl)c2)C(F)(F)F)cc1C(C)(F)F.NC1=C(N)CCC=C1. The summed E-state index contributed by atoms with van der Waals surface area (Å²) in [5, 5.41) is 0.128. The number of rotatable bonds is 6. The molecule has 1 atom stereocenters. The molecule has 1 unspecified atom stereocenters. The van der Waals surface area contributed by atoms with Gasteiger partial charge in [0.25, 0.3) is 5.92 Å². The van der Waals surface area contributed by atoms with E-state index in [-0.39, 0.29) is 21.8 Å². The van der Waals surface area contributed by atoms with E-state index in [0.717, 1.165) is 42.4 Å². The first kappa shape index (κ1) is 31.9. The maximum Gasteiger partial charge on any atom is 0.399 e. The monoisotopic (exact) mass is 571 g/mol. The molecule has 0 saturated heterocycles. The molecular weight excluding hydrogens is 540 g/mol. The van der Waals surface area contributed by atoms with Crippen molar-refractivity contribution < 1.29 is 26.3 Å². The summed E-state index contributed by atoms with van der Waals surface area (Å²) in [7, 11) is 1.48. The number of anilines is 1. The van der Waals surface area contributed by atoms with Crippen molar-refractivity contribution in [3.63, 3.8) is 0 Å². The number of benzene rings is 2. The van der Waals surface area contributed by atoms with E-state index in [9.17, 15) is 26.3 Å². The highest BCUT2D eigenvalue weighted by Gasteiger charge is 2.40. The van der Waals surface area contributed by atoms with Gasteiger partial charge in [0.1, 0.15) is 11.7 Å². The summed E-state index contributed by atoms with van der Waals surface area (Å²) in [6.07, 6.45) is 2.70. The highest BCUT2D eigenvalue weighted by atomic mass is 35.5. The normalized spacial score (nSPS) is 15.0. The maximum atomic E-state index is 14.9. The van der Waals surface area contributed by atoms with Gasteiger partial charge in [0.15, 0.2) is 0 Å². The molecule has 39 heavy (non-hydrogen) atoms. The molecule has 0 radical (unpaired) electrons. The van der Waals surface area contributed by atoms with Gasteiger partial charge in [-0.05, 0) is 86.0 Å². The van der Waals surface area contributed by atoms with Crippen LogP contribution in [0.5, 0.6) is 0 Å². The van der Waals surface area contributed by atoms with Gasteiger partial charge in [0.05, 0.1) is 5.70 Å². The van der Waals surface area contributed by atoms with Gasteiger partial charge in [-0.25, -0.2) is 13.2 Å². The molecule has 1 aliphatic carbocycles. The number of alkyl halides is 5. The molecule has 3 nitrogen and oxygen atoms in total. The van der Waals surface area contributed by atoms with E-state index in [2.05, 4.69) is 6.58 Å². The molecule has 212 valence electrons. The van der Waals surface area contributed by atoms with Crippen LogP contribution in [0.4, 0.5) is 32.0 Å². The second-order valence-electron chi connectivity index (χ2n) is 9.31. The summed E-state index contributed by atoms with van der Waals surface area (Å²) in [4.78, 5) is 1.31. The van der Waals surface area contributed by atoms with Gasteiger partial charge in [0.2, 0.25) is 0 Å². The van der Waals surface area contributed by atoms with E-state index >= 15 is 0 Å². The Morgan fingerprint density at radius 2 is 1.74 bits per heavy atom. The number of aryl methyl sites for hydroxylation is 1. The number of halogens is 7. The average molecular weight is 572 g/mol. The van der Waals surface area contributed by atoms with Crippen LogP contribution in [-0.2, 0) is 5.92 Å². The molecule has 0 aromatic heterocycles. The molecule has 0 fully saturated rings. The average Bonchev–Trinajstić information content (AvgIpc) is 2.85. The predicted octanol–water partition coefficient (Wildman–Crippen LogP) is 8.77. The lowest BCUT2D eigenvalue weighted by molar-refractivity contribution is -0.139. The van der Waals surface area contributed by atoms with Gasteiger partial charge in [-0.15, -0.1) is 0 Å².